The van der Waals surface area contributed by atoms with Crippen molar-refractivity contribution >= 4 is 42.4 Å². The molecule has 9 heteroatoms. The monoisotopic (exact) mass is 324 g/mol. The van der Waals surface area contributed by atoms with Gasteiger partial charge in [0.1, 0.15) is 6.17 Å². The molecule has 5 nitrogen and oxygen atoms in total. The molecule has 0 aliphatic heterocycles. The van der Waals surface area contributed by atoms with E-state index in [-0.39, 0.29) is 0 Å². The second-order valence-corrected chi connectivity index (χ2v) is 9.59. The first-order valence-electron chi connectivity index (χ1n) is 4.89. The van der Waals surface area contributed by atoms with Crippen molar-refractivity contribution in [2.75, 3.05) is 42.3 Å². The predicted octanol–water partition coefficient (Wildman–Crippen LogP) is 2.07. The first-order chi connectivity index (χ1) is 7.43. The molecule has 0 fully saturated rings. The summed E-state index contributed by atoms with van der Waals surface area (Å²) in [5.74, 6) is 0. The lowest BCUT2D eigenvalue weighted by Gasteiger charge is -2.39. The highest BCUT2D eigenvalue weighted by Crippen LogP contribution is 2.48. The summed E-state index contributed by atoms with van der Waals surface area (Å²) in [5.41, 5.74) is 0. The van der Waals surface area contributed by atoms with Crippen LogP contribution in [0.25, 0.3) is 0 Å². The van der Waals surface area contributed by atoms with Crippen molar-refractivity contribution in [1.29, 1.82) is 0 Å². The summed E-state index contributed by atoms with van der Waals surface area (Å²) >= 11 is 17.6. The van der Waals surface area contributed by atoms with Gasteiger partial charge in [-0.25, -0.2) is 14.4 Å². The van der Waals surface area contributed by atoms with Crippen LogP contribution in [0, 0.1) is 0 Å². The van der Waals surface area contributed by atoms with Gasteiger partial charge in [0.2, 0.25) is 3.79 Å². The molecule has 0 saturated heterocycles. The standard InChI is InChI=1S/C8H20Cl3N4OP/c1-13(2)7(8(9,10)11)12-17(16,14(3)4)15(5)6/h7H,1-6H3,(H,12,16). The van der Waals surface area contributed by atoms with Gasteiger partial charge in [0.25, 0.3) is 7.59 Å². The van der Waals surface area contributed by atoms with Gasteiger partial charge in [0.15, 0.2) is 0 Å². The Hall–Kier alpha value is 0.940. The normalized spacial score (nSPS) is 16.0. The van der Waals surface area contributed by atoms with E-state index in [0.717, 1.165) is 0 Å². The van der Waals surface area contributed by atoms with Crippen molar-refractivity contribution in [2.45, 2.75) is 9.96 Å². The number of nitrogens with zero attached hydrogens (tertiary/aromatic N) is 3. The highest BCUT2D eigenvalue weighted by molar-refractivity contribution is 7.56. The predicted molar refractivity (Wildman–Crippen MR) is 75.9 cm³/mol. The molecule has 1 N–H and O–H groups in total. The zero-order valence-corrected chi connectivity index (χ0v) is 14.1. The largest absolute Gasteiger partial charge is 0.290 e. The summed E-state index contributed by atoms with van der Waals surface area (Å²) in [6.45, 7) is 0. The second kappa shape index (κ2) is 6.40. The van der Waals surface area contributed by atoms with Gasteiger partial charge in [-0.15, -0.1) is 0 Å². The molecular formula is C8H20Cl3N4OP. The number of nitrogens with one attached hydrogen (secondary N) is 1. The van der Waals surface area contributed by atoms with Crippen molar-refractivity contribution in [1.82, 2.24) is 19.3 Å². The van der Waals surface area contributed by atoms with Crippen molar-refractivity contribution in [3.63, 3.8) is 0 Å². The Labute approximate surface area is 118 Å². The molecule has 17 heavy (non-hydrogen) atoms. The van der Waals surface area contributed by atoms with E-state index >= 15 is 0 Å². The molecule has 0 spiro atoms. The summed E-state index contributed by atoms with van der Waals surface area (Å²) < 4.78 is 14.3. The van der Waals surface area contributed by atoms with Crippen LogP contribution in [0.15, 0.2) is 0 Å². The molecule has 0 aliphatic rings. The van der Waals surface area contributed by atoms with Crippen LogP contribution < -0.4 is 5.09 Å². The van der Waals surface area contributed by atoms with Crippen LogP contribution in [0.3, 0.4) is 0 Å². The third-order valence-corrected chi connectivity index (χ3v) is 5.57. The highest BCUT2D eigenvalue weighted by atomic mass is 35.6. The molecule has 1 unspecified atom stereocenters. The van der Waals surface area contributed by atoms with Gasteiger partial charge in [-0.3, -0.25) is 9.46 Å². The van der Waals surface area contributed by atoms with Gasteiger partial charge in [0, 0.05) is 0 Å². The van der Waals surface area contributed by atoms with E-state index in [0.29, 0.717) is 0 Å². The molecule has 0 amide bonds. The maximum Gasteiger partial charge on any atom is 0.284 e. The Kier molecular flexibility index (Phi) is 6.75. The van der Waals surface area contributed by atoms with Crippen LogP contribution in [-0.2, 0) is 4.57 Å². The molecule has 0 rings (SSSR count). The molecule has 0 bridgehead atoms. The Morgan fingerprint density at radius 3 is 1.53 bits per heavy atom. The number of hydrogen-bond acceptors (Lipinski definition) is 2. The molecule has 0 heterocycles. The Morgan fingerprint density at radius 2 is 1.35 bits per heavy atom. The second-order valence-electron chi connectivity index (χ2n) is 4.28. The van der Waals surface area contributed by atoms with Crippen LogP contribution in [-0.4, -0.2) is 66.5 Å². The molecule has 0 saturated carbocycles. The lowest BCUT2D eigenvalue weighted by atomic mass is 10.5. The van der Waals surface area contributed by atoms with Gasteiger partial charge in [-0.2, -0.15) is 0 Å². The summed E-state index contributed by atoms with van der Waals surface area (Å²) in [6.07, 6.45) is -0.664. The first kappa shape index (κ1) is 17.9. The molecule has 104 valence electrons. The summed E-state index contributed by atoms with van der Waals surface area (Å²) in [6, 6.07) is 0. The minimum Gasteiger partial charge on any atom is -0.290 e. The summed E-state index contributed by atoms with van der Waals surface area (Å²) in [4.78, 5) is 1.67. The Morgan fingerprint density at radius 1 is 1.00 bits per heavy atom. The topological polar surface area (TPSA) is 38.8 Å². The molecule has 0 radical (unpaired) electrons. The van der Waals surface area contributed by atoms with E-state index in [1.807, 2.05) is 0 Å². The molecule has 0 aliphatic carbocycles. The van der Waals surface area contributed by atoms with Crippen LogP contribution in [0.2, 0.25) is 0 Å². The van der Waals surface area contributed by atoms with E-state index < -0.39 is 17.6 Å². The third kappa shape index (κ3) is 4.84. The zero-order chi connectivity index (χ0) is 14.0. The lowest BCUT2D eigenvalue weighted by molar-refractivity contribution is 0.268. The van der Waals surface area contributed by atoms with Crippen LogP contribution >= 0.6 is 42.4 Å². The van der Waals surface area contributed by atoms with E-state index in [1.54, 1.807) is 56.5 Å². The number of rotatable bonds is 5. The van der Waals surface area contributed by atoms with Gasteiger partial charge in [-0.05, 0) is 42.3 Å². The molecule has 0 aromatic rings. The minimum absolute atomic E-state index is 0.664. The SMILES string of the molecule is CN(C)C(NP(=O)(N(C)C)N(C)C)C(Cl)(Cl)Cl. The zero-order valence-electron chi connectivity index (χ0n) is 10.9. The Bertz CT molecular complexity index is 281. The quantitative estimate of drug-likeness (QED) is 0.476. The Balaban J connectivity index is 5.17. The van der Waals surface area contributed by atoms with Gasteiger partial charge in [-0.1, -0.05) is 34.8 Å². The van der Waals surface area contributed by atoms with Gasteiger partial charge >= 0.3 is 0 Å². The number of alkyl halides is 3. The van der Waals surface area contributed by atoms with Crippen molar-refractivity contribution < 1.29 is 4.57 Å². The lowest BCUT2D eigenvalue weighted by Crippen LogP contribution is -2.51. The van der Waals surface area contributed by atoms with Crippen LogP contribution in [0.4, 0.5) is 0 Å². The molecular weight excluding hydrogens is 305 g/mol. The number of halogens is 3. The smallest absolute Gasteiger partial charge is 0.284 e. The first-order valence-corrected chi connectivity index (χ1v) is 7.64. The molecule has 0 aromatic heterocycles. The average molecular weight is 326 g/mol. The van der Waals surface area contributed by atoms with Crippen LogP contribution in [0.5, 0.6) is 0 Å². The average Bonchev–Trinajstić information content (AvgIpc) is 2.10. The fourth-order valence-electron chi connectivity index (χ4n) is 1.23. The van der Waals surface area contributed by atoms with E-state index in [4.69, 9.17) is 34.8 Å². The van der Waals surface area contributed by atoms with Crippen molar-refractivity contribution in [3.8, 4) is 0 Å². The van der Waals surface area contributed by atoms with E-state index in [9.17, 15) is 4.57 Å². The maximum atomic E-state index is 12.7. The van der Waals surface area contributed by atoms with E-state index in [2.05, 4.69) is 5.09 Å². The summed E-state index contributed by atoms with van der Waals surface area (Å²) in [7, 11) is 7.37. The van der Waals surface area contributed by atoms with Gasteiger partial charge in [0.05, 0.1) is 0 Å². The van der Waals surface area contributed by atoms with Gasteiger partial charge < -0.3 is 0 Å². The third-order valence-electron chi connectivity index (χ3n) is 2.20. The molecule has 1 atom stereocenters. The fraction of sp³-hybridized carbons (Fsp3) is 1.00. The highest BCUT2D eigenvalue weighted by Gasteiger charge is 2.41. The minimum atomic E-state index is -2.95. The maximum absolute atomic E-state index is 12.7. The number of hydrogen-bond donors (Lipinski definition) is 1. The summed E-state index contributed by atoms with van der Waals surface area (Å²) in [5, 5.41) is 2.91. The van der Waals surface area contributed by atoms with E-state index in [1.165, 1.54) is 0 Å². The fourth-order valence-corrected chi connectivity index (χ4v) is 4.13. The molecule has 0 aromatic carbocycles. The van der Waals surface area contributed by atoms with Crippen molar-refractivity contribution in [3.05, 3.63) is 0 Å². The van der Waals surface area contributed by atoms with Crippen molar-refractivity contribution in [2.24, 2.45) is 0 Å². The van der Waals surface area contributed by atoms with Crippen LogP contribution in [0.1, 0.15) is 0 Å².